The van der Waals surface area contributed by atoms with Gasteiger partial charge in [0.1, 0.15) is 0 Å². The zero-order valence-corrected chi connectivity index (χ0v) is 13.4. The predicted octanol–water partition coefficient (Wildman–Crippen LogP) is 3.63. The molecule has 1 atom stereocenters. The smallest absolute Gasteiger partial charge is 0.0848 e. The van der Waals surface area contributed by atoms with Crippen LogP contribution < -0.4 is 11.3 Å². The minimum atomic E-state index is -0.0292. The molecule has 3 nitrogen and oxygen atoms in total. The molecule has 0 aliphatic heterocycles. The molecule has 1 fully saturated rings. The molecule has 0 aromatic carbocycles. The molecule has 19 heavy (non-hydrogen) atoms. The van der Waals surface area contributed by atoms with Gasteiger partial charge in [-0.05, 0) is 50.9 Å². The summed E-state index contributed by atoms with van der Waals surface area (Å²) in [5.41, 5.74) is 3.06. The van der Waals surface area contributed by atoms with Crippen molar-refractivity contribution in [2.75, 3.05) is 6.61 Å². The van der Waals surface area contributed by atoms with Crippen molar-refractivity contribution >= 4 is 0 Å². The monoisotopic (exact) mass is 270 g/mol. The molecule has 0 spiro atoms. The molecular formula is C16H34N2O. The molecule has 1 unspecified atom stereocenters. The molecule has 0 heterocycles. The van der Waals surface area contributed by atoms with Gasteiger partial charge in [-0.3, -0.25) is 11.3 Å². The SMILES string of the molecule is CCOC1(C(CC(CC)CC)NN)CCC(C)CC1. The van der Waals surface area contributed by atoms with Crippen LogP contribution in [0.5, 0.6) is 0 Å². The van der Waals surface area contributed by atoms with Gasteiger partial charge in [-0.1, -0.05) is 33.6 Å². The van der Waals surface area contributed by atoms with Crippen molar-refractivity contribution in [3.05, 3.63) is 0 Å². The van der Waals surface area contributed by atoms with Crippen molar-refractivity contribution in [1.29, 1.82) is 0 Å². The fraction of sp³-hybridized carbons (Fsp3) is 1.00. The van der Waals surface area contributed by atoms with Crippen molar-refractivity contribution in [3.63, 3.8) is 0 Å². The van der Waals surface area contributed by atoms with Crippen LogP contribution in [0.2, 0.25) is 0 Å². The first-order chi connectivity index (χ1) is 9.11. The standard InChI is InChI=1S/C16H34N2O/c1-5-14(6-2)12-15(18-17)16(19-7-3)10-8-13(4)9-11-16/h13-15,18H,5-12,17H2,1-4H3. The summed E-state index contributed by atoms with van der Waals surface area (Å²) < 4.78 is 6.22. The Balaban J connectivity index is 2.76. The van der Waals surface area contributed by atoms with Crippen LogP contribution in [0.25, 0.3) is 0 Å². The Morgan fingerprint density at radius 3 is 2.21 bits per heavy atom. The Labute approximate surface area is 119 Å². The van der Waals surface area contributed by atoms with Crippen LogP contribution in [-0.4, -0.2) is 18.2 Å². The lowest BCUT2D eigenvalue weighted by Crippen LogP contribution is -2.57. The summed E-state index contributed by atoms with van der Waals surface area (Å²) >= 11 is 0. The van der Waals surface area contributed by atoms with Gasteiger partial charge in [0, 0.05) is 6.61 Å². The molecule has 0 saturated heterocycles. The molecule has 0 bridgehead atoms. The van der Waals surface area contributed by atoms with Gasteiger partial charge in [-0.25, -0.2) is 0 Å². The van der Waals surface area contributed by atoms with Gasteiger partial charge >= 0.3 is 0 Å². The van der Waals surface area contributed by atoms with E-state index in [0.29, 0.717) is 6.04 Å². The highest BCUT2D eigenvalue weighted by Crippen LogP contribution is 2.39. The lowest BCUT2D eigenvalue weighted by atomic mass is 9.73. The Hall–Kier alpha value is -0.120. The van der Waals surface area contributed by atoms with E-state index < -0.39 is 0 Å². The molecule has 0 aromatic rings. The largest absolute Gasteiger partial charge is 0.374 e. The van der Waals surface area contributed by atoms with Gasteiger partial charge in [0.05, 0.1) is 11.6 Å². The number of hydrogen-bond acceptors (Lipinski definition) is 3. The Kier molecular flexibility index (Phi) is 7.33. The number of hydrazine groups is 1. The molecule has 0 aromatic heterocycles. The molecular weight excluding hydrogens is 236 g/mol. The maximum atomic E-state index is 6.22. The summed E-state index contributed by atoms with van der Waals surface area (Å²) in [6, 6.07) is 0.296. The Morgan fingerprint density at radius 2 is 1.79 bits per heavy atom. The summed E-state index contributed by atoms with van der Waals surface area (Å²) in [4.78, 5) is 0. The second-order valence-electron chi connectivity index (χ2n) is 6.32. The van der Waals surface area contributed by atoms with E-state index >= 15 is 0 Å². The maximum absolute atomic E-state index is 6.22. The number of hydrogen-bond donors (Lipinski definition) is 2. The summed E-state index contributed by atoms with van der Waals surface area (Å²) in [5, 5.41) is 0. The van der Waals surface area contributed by atoms with Gasteiger partial charge in [0.25, 0.3) is 0 Å². The van der Waals surface area contributed by atoms with Gasteiger partial charge in [-0.15, -0.1) is 0 Å². The average Bonchev–Trinajstić information content (AvgIpc) is 2.43. The van der Waals surface area contributed by atoms with E-state index in [1.807, 2.05) is 0 Å². The van der Waals surface area contributed by atoms with E-state index in [0.717, 1.165) is 37.7 Å². The first-order valence-electron chi connectivity index (χ1n) is 8.21. The maximum Gasteiger partial charge on any atom is 0.0848 e. The van der Waals surface area contributed by atoms with Crippen LogP contribution in [0.3, 0.4) is 0 Å². The van der Waals surface area contributed by atoms with E-state index in [1.54, 1.807) is 0 Å². The number of ether oxygens (including phenoxy) is 1. The van der Waals surface area contributed by atoms with Crippen LogP contribution in [0, 0.1) is 11.8 Å². The summed E-state index contributed by atoms with van der Waals surface area (Å²) in [6.07, 6.45) is 8.43. The third kappa shape index (κ3) is 4.44. The fourth-order valence-electron chi connectivity index (χ4n) is 3.52. The van der Waals surface area contributed by atoms with E-state index in [9.17, 15) is 0 Å². The Morgan fingerprint density at radius 1 is 1.21 bits per heavy atom. The first-order valence-corrected chi connectivity index (χ1v) is 8.21. The van der Waals surface area contributed by atoms with Gasteiger partial charge in [0.15, 0.2) is 0 Å². The molecule has 114 valence electrons. The second kappa shape index (κ2) is 8.23. The average molecular weight is 270 g/mol. The predicted molar refractivity (Wildman–Crippen MR) is 81.8 cm³/mol. The van der Waals surface area contributed by atoms with Crippen LogP contribution in [0.15, 0.2) is 0 Å². The number of nitrogens with one attached hydrogen (secondary N) is 1. The fourth-order valence-corrected chi connectivity index (χ4v) is 3.52. The topological polar surface area (TPSA) is 47.3 Å². The quantitative estimate of drug-likeness (QED) is 0.523. The number of nitrogens with two attached hydrogens (primary N) is 1. The molecule has 1 rings (SSSR count). The zero-order valence-electron chi connectivity index (χ0n) is 13.4. The van der Waals surface area contributed by atoms with E-state index in [-0.39, 0.29) is 5.60 Å². The highest BCUT2D eigenvalue weighted by molar-refractivity contribution is 4.96. The molecule has 1 aliphatic carbocycles. The van der Waals surface area contributed by atoms with Gasteiger partial charge in [-0.2, -0.15) is 0 Å². The minimum absolute atomic E-state index is 0.0292. The zero-order chi connectivity index (χ0) is 14.3. The first kappa shape index (κ1) is 16.9. The van der Waals surface area contributed by atoms with Gasteiger partial charge < -0.3 is 4.74 Å². The third-order valence-corrected chi connectivity index (χ3v) is 5.11. The van der Waals surface area contributed by atoms with Gasteiger partial charge in [0.2, 0.25) is 0 Å². The van der Waals surface area contributed by atoms with Crippen LogP contribution in [0.4, 0.5) is 0 Å². The third-order valence-electron chi connectivity index (χ3n) is 5.11. The number of rotatable bonds is 8. The molecule has 3 heteroatoms. The lowest BCUT2D eigenvalue weighted by molar-refractivity contribution is -0.101. The van der Waals surface area contributed by atoms with E-state index in [2.05, 4.69) is 33.1 Å². The second-order valence-corrected chi connectivity index (χ2v) is 6.32. The van der Waals surface area contributed by atoms with Crippen LogP contribution >= 0.6 is 0 Å². The molecule has 1 saturated carbocycles. The molecule has 3 N–H and O–H groups in total. The van der Waals surface area contributed by atoms with E-state index in [4.69, 9.17) is 10.6 Å². The highest BCUT2D eigenvalue weighted by Gasteiger charge is 2.42. The molecule has 1 aliphatic rings. The highest BCUT2D eigenvalue weighted by atomic mass is 16.5. The van der Waals surface area contributed by atoms with Crippen LogP contribution in [0.1, 0.15) is 72.6 Å². The van der Waals surface area contributed by atoms with Crippen molar-refractivity contribution in [1.82, 2.24) is 5.43 Å². The van der Waals surface area contributed by atoms with E-state index in [1.165, 1.54) is 25.7 Å². The minimum Gasteiger partial charge on any atom is -0.374 e. The summed E-state index contributed by atoms with van der Waals surface area (Å²) in [7, 11) is 0. The molecule has 0 radical (unpaired) electrons. The lowest BCUT2D eigenvalue weighted by Gasteiger charge is -2.45. The molecule has 0 amide bonds. The Bertz CT molecular complexity index is 233. The normalized spacial score (nSPS) is 29.7. The van der Waals surface area contributed by atoms with Crippen molar-refractivity contribution < 1.29 is 4.74 Å². The summed E-state index contributed by atoms with van der Waals surface area (Å²) in [6.45, 7) is 9.79. The van der Waals surface area contributed by atoms with Crippen molar-refractivity contribution in [2.24, 2.45) is 17.7 Å². The van der Waals surface area contributed by atoms with Crippen molar-refractivity contribution in [2.45, 2.75) is 84.3 Å². The summed E-state index contributed by atoms with van der Waals surface area (Å²) in [5.74, 6) is 7.46. The van der Waals surface area contributed by atoms with Crippen molar-refractivity contribution in [3.8, 4) is 0 Å². The van der Waals surface area contributed by atoms with Crippen LogP contribution in [-0.2, 0) is 4.74 Å².